The lowest BCUT2D eigenvalue weighted by atomic mass is 10.0. The molecule has 1 atom stereocenters. The lowest BCUT2D eigenvalue weighted by Crippen LogP contribution is -2.48. The Hall–Kier alpha value is -4.96. The molecule has 0 saturated heterocycles. The number of ether oxygens (including phenoxy) is 3. The van der Waals surface area contributed by atoms with Crippen LogP contribution in [0.3, 0.4) is 0 Å². The van der Waals surface area contributed by atoms with Gasteiger partial charge in [0.25, 0.3) is 11.8 Å². The van der Waals surface area contributed by atoms with Crippen molar-refractivity contribution in [3.8, 4) is 22.6 Å². The number of rotatable bonds is 10. The Morgan fingerprint density at radius 1 is 0.857 bits per heavy atom. The molecule has 0 fully saturated rings. The molecule has 1 N–H and O–H groups in total. The molecule has 214 valence electrons. The third-order valence-corrected chi connectivity index (χ3v) is 7.81. The molecule has 2 heterocycles. The molecule has 0 radical (unpaired) electrons. The minimum Gasteiger partial charge on any atom is -0.493 e. The summed E-state index contributed by atoms with van der Waals surface area (Å²) in [6, 6.07) is 19.7. The molecule has 10 heteroatoms. The van der Waals surface area contributed by atoms with E-state index in [4.69, 9.17) is 14.2 Å². The van der Waals surface area contributed by atoms with Gasteiger partial charge in [-0.2, -0.15) is 0 Å². The number of esters is 1. The van der Waals surface area contributed by atoms with Crippen LogP contribution in [0.5, 0.6) is 11.5 Å². The molecule has 42 heavy (non-hydrogen) atoms. The zero-order valence-electron chi connectivity index (χ0n) is 23.2. The van der Waals surface area contributed by atoms with Crippen molar-refractivity contribution in [2.75, 3.05) is 26.1 Å². The maximum atomic E-state index is 14.0. The number of benzene rings is 3. The first kappa shape index (κ1) is 28.6. The Bertz CT molecular complexity index is 1630. The number of nitrogens with one attached hydrogen (secondary N) is 1. The molecule has 0 saturated carbocycles. The summed E-state index contributed by atoms with van der Waals surface area (Å²) < 4.78 is 16.1. The Labute approximate surface area is 246 Å². The lowest BCUT2D eigenvalue weighted by molar-refractivity contribution is -0.119. The van der Waals surface area contributed by atoms with E-state index in [1.54, 1.807) is 54.8 Å². The number of carbonyl (C=O) groups is 4. The van der Waals surface area contributed by atoms with Crippen molar-refractivity contribution in [2.24, 2.45) is 0 Å². The van der Waals surface area contributed by atoms with Gasteiger partial charge in [-0.3, -0.25) is 19.3 Å². The van der Waals surface area contributed by atoms with Crippen molar-refractivity contribution >= 4 is 40.0 Å². The molecule has 0 bridgehead atoms. The summed E-state index contributed by atoms with van der Waals surface area (Å²) in [5.74, 6) is -1.34. The van der Waals surface area contributed by atoms with E-state index < -0.39 is 29.7 Å². The van der Waals surface area contributed by atoms with Gasteiger partial charge in [0.15, 0.2) is 11.5 Å². The first-order valence-electron chi connectivity index (χ1n) is 13.2. The number of nitrogens with zero attached hydrogens (tertiary/aromatic N) is 1. The van der Waals surface area contributed by atoms with Gasteiger partial charge in [-0.05, 0) is 42.3 Å². The van der Waals surface area contributed by atoms with Gasteiger partial charge < -0.3 is 19.5 Å². The second-order valence-corrected chi connectivity index (χ2v) is 10.2. The minimum absolute atomic E-state index is 0.0841. The number of carbonyl (C=O) groups excluding carboxylic acids is 4. The minimum atomic E-state index is -1.18. The molecule has 9 nitrogen and oxygen atoms in total. The fourth-order valence-electron chi connectivity index (χ4n) is 4.90. The Kier molecular flexibility index (Phi) is 8.35. The highest BCUT2D eigenvalue weighted by molar-refractivity contribution is 7.15. The van der Waals surface area contributed by atoms with Crippen LogP contribution in [0.1, 0.15) is 43.6 Å². The second-order valence-electron chi connectivity index (χ2n) is 9.36. The van der Waals surface area contributed by atoms with Gasteiger partial charge in [0, 0.05) is 17.4 Å². The average molecular weight is 585 g/mol. The topological polar surface area (TPSA) is 111 Å². The van der Waals surface area contributed by atoms with Crippen molar-refractivity contribution in [2.45, 2.75) is 19.4 Å². The first-order valence-corrected chi connectivity index (χ1v) is 14.1. The first-order chi connectivity index (χ1) is 20.4. The van der Waals surface area contributed by atoms with Crippen LogP contribution in [0, 0.1) is 0 Å². The van der Waals surface area contributed by atoms with Gasteiger partial charge in [-0.25, -0.2) is 4.79 Å². The van der Waals surface area contributed by atoms with Crippen LogP contribution in [-0.2, 0) is 16.0 Å². The fraction of sp³-hybridized carbons (Fsp3) is 0.188. The molecule has 3 amide bonds. The molecule has 1 aliphatic heterocycles. The van der Waals surface area contributed by atoms with Crippen molar-refractivity contribution in [3.63, 3.8) is 0 Å². The molecular formula is C32H28N2O7S. The molecule has 1 unspecified atom stereocenters. The van der Waals surface area contributed by atoms with E-state index in [0.717, 1.165) is 21.8 Å². The number of imide groups is 1. The number of thiophene rings is 1. The third kappa shape index (κ3) is 5.36. The molecule has 5 rings (SSSR count). The van der Waals surface area contributed by atoms with E-state index in [1.807, 2.05) is 30.3 Å². The van der Waals surface area contributed by atoms with Crippen molar-refractivity contribution in [1.82, 2.24) is 4.90 Å². The zero-order chi connectivity index (χ0) is 29.8. The number of anilines is 1. The lowest BCUT2D eigenvalue weighted by Gasteiger charge is -2.25. The highest BCUT2D eigenvalue weighted by atomic mass is 32.1. The van der Waals surface area contributed by atoms with Crippen molar-refractivity contribution < 1.29 is 33.4 Å². The fourth-order valence-corrected chi connectivity index (χ4v) is 5.86. The molecule has 4 aromatic rings. The number of amides is 3. The zero-order valence-corrected chi connectivity index (χ0v) is 24.0. The SMILES string of the molecule is CCOC(=O)c1c(-c2ccc(OC)c(OC)c2)csc1NC(=O)C(Cc1ccccc1)N1C(=O)c2ccccc2C1=O. The van der Waals surface area contributed by atoms with Crippen molar-refractivity contribution in [3.05, 3.63) is 100 Å². The van der Waals surface area contributed by atoms with E-state index in [0.29, 0.717) is 22.6 Å². The number of methoxy groups -OCH3 is 2. The third-order valence-electron chi connectivity index (χ3n) is 6.91. The summed E-state index contributed by atoms with van der Waals surface area (Å²) in [5, 5.41) is 4.80. The summed E-state index contributed by atoms with van der Waals surface area (Å²) in [5.41, 5.74) is 2.57. The number of hydrogen-bond donors (Lipinski definition) is 1. The molecule has 1 aliphatic rings. The van der Waals surface area contributed by atoms with Gasteiger partial charge in [0.2, 0.25) is 5.91 Å². The molecule has 0 aliphatic carbocycles. The summed E-state index contributed by atoms with van der Waals surface area (Å²) >= 11 is 1.14. The standard InChI is InChI=1S/C32H28N2O7S/c1-4-41-32(38)27-23(20-14-15-25(39-2)26(17-20)40-3)18-42-29(27)33-28(35)24(16-19-10-6-5-7-11-19)34-30(36)21-12-8-9-13-22(21)31(34)37/h5-15,17-18,24H,4,16H2,1-3H3,(H,33,35). The maximum Gasteiger partial charge on any atom is 0.341 e. The molecule has 0 spiro atoms. The van der Waals surface area contributed by atoms with Crippen LogP contribution >= 0.6 is 11.3 Å². The van der Waals surface area contributed by atoms with E-state index in [1.165, 1.54) is 14.2 Å². The summed E-state index contributed by atoms with van der Waals surface area (Å²) in [4.78, 5) is 55.0. The molecular weight excluding hydrogens is 556 g/mol. The van der Waals surface area contributed by atoms with E-state index >= 15 is 0 Å². The van der Waals surface area contributed by atoms with E-state index in [-0.39, 0.29) is 34.7 Å². The predicted octanol–water partition coefficient (Wildman–Crippen LogP) is 5.46. The quantitative estimate of drug-likeness (QED) is 0.195. The maximum absolute atomic E-state index is 14.0. The Morgan fingerprint density at radius 2 is 1.50 bits per heavy atom. The van der Waals surface area contributed by atoms with Crippen LogP contribution < -0.4 is 14.8 Å². The smallest absolute Gasteiger partial charge is 0.341 e. The highest BCUT2D eigenvalue weighted by Crippen LogP contribution is 2.40. The van der Waals surface area contributed by atoms with Gasteiger partial charge >= 0.3 is 5.97 Å². The normalized spacial score (nSPS) is 13.0. The van der Waals surface area contributed by atoms with Crippen LogP contribution in [0.2, 0.25) is 0 Å². The highest BCUT2D eigenvalue weighted by Gasteiger charge is 2.43. The van der Waals surface area contributed by atoms with Crippen molar-refractivity contribution in [1.29, 1.82) is 0 Å². The Morgan fingerprint density at radius 3 is 2.12 bits per heavy atom. The number of fused-ring (bicyclic) bond motifs is 1. The van der Waals surface area contributed by atoms with Crippen LogP contribution in [0.15, 0.2) is 78.2 Å². The second kappa shape index (κ2) is 12.3. The Balaban J connectivity index is 1.53. The average Bonchev–Trinajstić information content (AvgIpc) is 3.54. The van der Waals surface area contributed by atoms with Crippen LogP contribution in [0.25, 0.3) is 11.1 Å². The van der Waals surface area contributed by atoms with Gasteiger partial charge in [0.1, 0.15) is 16.6 Å². The molecule has 1 aromatic heterocycles. The van der Waals surface area contributed by atoms with Crippen LogP contribution in [0.4, 0.5) is 5.00 Å². The number of hydrogen-bond acceptors (Lipinski definition) is 8. The summed E-state index contributed by atoms with van der Waals surface area (Å²) in [6.07, 6.45) is 0.0841. The van der Waals surface area contributed by atoms with Crippen LogP contribution in [-0.4, -0.2) is 55.5 Å². The van der Waals surface area contributed by atoms with E-state index in [9.17, 15) is 19.2 Å². The largest absolute Gasteiger partial charge is 0.493 e. The molecule has 3 aromatic carbocycles. The summed E-state index contributed by atoms with van der Waals surface area (Å²) in [7, 11) is 3.04. The van der Waals surface area contributed by atoms with E-state index in [2.05, 4.69) is 5.32 Å². The predicted molar refractivity (Wildman–Crippen MR) is 158 cm³/mol. The summed E-state index contributed by atoms with van der Waals surface area (Å²) in [6.45, 7) is 1.82. The van der Waals surface area contributed by atoms with Gasteiger partial charge in [0.05, 0.1) is 32.0 Å². The van der Waals surface area contributed by atoms with Gasteiger partial charge in [-0.1, -0.05) is 48.5 Å². The van der Waals surface area contributed by atoms with Gasteiger partial charge in [-0.15, -0.1) is 11.3 Å². The monoisotopic (exact) mass is 584 g/mol.